The van der Waals surface area contributed by atoms with Crippen LogP contribution in [0.4, 0.5) is 5.69 Å². The predicted molar refractivity (Wildman–Crippen MR) is 105 cm³/mol. The van der Waals surface area contributed by atoms with E-state index in [4.69, 9.17) is 32.7 Å². The summed E-state index contributed by atoms with van der Waals surface area (Å²) in [5.74, 6) is 1.54. The van der Waals surface area contributed by atoms with E-state index in [0.717, 1.165) is 37.4 Å². The van der Waals surface area contributed by atoms with Crippen molar-refractivity contribution in [3.8, 4) is 11.5 Å². The van der Waals surface area contributed by atoms with Crippen LogP contribution in [0.3, 0.4) is 0 Å². The number of carbonyl (C=O) groups is 1. The first-order chi connectivity index (χ1) is 13.1. The Labute approximate surface area is 168 Å². The number of halogens is 2. The molecule has 2 aliphatic rings. The van der Waals surface area contributed by atoms with Gasteiger partial charge in [-0.25, -0.2) is 0 Å². The van der Waals surface area contributed by atoms with Crippen LogP contribution in [0.25, 0.3) is 0 Å². The van der Waals surface area contributed by atoms with E-state index in [9.17, 15) is 4.79 Å². The van der Waals surface area contributed by atoms with E-state index in [0.29, 0.717) is 35.5 Å². The number of fused-ring (bicyclic) bond motifs is 2. The lowest BCUT2D eigenvalue weighted by Gasteiger charge is -2.26. The molecule has 0 aliphatic carbocycles. The van der Waals surface area contributed by atoms with E-state index < -0.39 is 0 Å². The molecule has 2 aromatic carbocycles. The topological polar surface area (TPSA) is 52.0 Å². The van der Waals surface area contributed by atoms with Crippen LogP contribution in [0.15, 0.2) is 30.3 Å². The molecule has 2 N–H and O–H groups in total. The van der Waals surface area contributed by atoms with Crippen LogP contribution in [-0.4, -0.2) is 32.2 Å². The number of ether oxygens (including phenoxy) is 2. The Morgan fingerprint density at radius 1 is 1.07 bits per heavy atom. The molecule has 142 valence electrons. The molecule has 0 spiro atoms. The van der Waals surface area contributed by atoms with Crippen molar-refractivity contribution in [2.24, 2.45) is 0 Å². The Morgan fingerprint density at radius 3 is 2.44 bits per heavy atom. The third-order valence-corrected chi connectivity index (χ3v) is 5.53. The normalized spacial score (nSPS) is 18.4. The molecule has 2 heterocycles. The van der Waals surface area contributed by atoms with Gasteiger partial charge in [-0.05, 0) is 29.8 Å². The fourth-order valence-corrected chi connectivity index (χ4v) is 4.03. The number of carbonyl (C=O) groups excluding carboxylic acids is 1. The van der Waals surface area contributed by atoms with Crippen molar-refractivity contribution < 1.29 is 19.2 Å². The lowest BCUT2D eigenvalue weighted by Crippen LogP contribution is -3.12. The zero-order valence-electron chi connectivity index (χ0n) is 14.8. The molecule has 2 aliphatic heterocycles. The molecule has 1 unspecified atom stereocenters. The highest BCUT2D eigenvalue weighted by molar-refractivity contribution is 6.39. The van der Waals surface area contributed by atoms with E-state index in [1.54, 1.807) is 18.2 Å². The third kappa shape index (κ3) is 4.15. The van der Waals surface area contributed by atoms with Gasteiger partial charge in [0.25, 0.3) is 5.91 Å². The summed E-state index contributed by atoms with van der Waals surface area (Å²) >= 11 is 12.3. The summed E-state index contributed by atoms with van der Waals surface area (Å²) in [6.45, 7) is 3.37. The lowest BCUT2D eigenvalue weighted by atomic mass is 9.99. The van der Waals surface area contributed by atoms with Crippen molar-refractivity contribution in [3.63, 3.8) is 0 Å². The van der Waals surface area contributed by atoms with Crippen LogP contribution < -0.4 is 19.7 Å². The maximum Gasteiger partial charge on any atom is 0.279 e. The Balaban J connectivity index is 1.44. The molecule has 1 atom stereocenters. The summed E-state index contributed by atoms with van der Waals surface area (Å²) in [7, 11) is 0. The van der Waals surface area contributed by atoms with Crippen molar-refractivity contribution >= 4 is 34.8 Å². The van der Waals surface area contributed by atoms with Gasteiger partial charge in [0.05, 0.1) is 35.5 Å². The Morgan fingerprint density at radius 2 is 1.74 bits per heavy atom. The van der Waals surface area contributed by atoms with Gasteiger partial charge in [0.1, 0.15) is 6.54 Å². The average Bonchev–Trinajstić information content (AvgIpc) is 2.88. The molecule has 0 bridgehead atoms. The summed E-state index contributed by atoms with van der Waals surface area (Å²) < 4.78 is 11.6. The number of para-hydroxylation sites is 1. The first-order valence-electron chi connectivity index (χ1n) is 9.09. The lowest BCUT2D eigenvalue weighted by molar-refractivity contribution is -0.907. The maximum atomic E-state index is 12.5. The molecule has 0 saturated carbocycles. The molecule has 2 aromatic rings. The minimum Gasteiger partial charge on any atom is -0.490 e. The fraction of sp³-hybridized carbons (Fsp3) is 0.350. The van der Waals surface area contributed by atoms with E-state index in [1.807, 2.05) is 0 Å². The molecule has 7 heteroatoms. The third-order valence-electron chi connectivity index (χ3n) is 4.90. The number of anilines is 1. The average molecular weight is 408 g/mol. The van der Waals surface area contributed by atoms with E-state index >= 15 is 0 Å². The summed E-state index contributed by atoms with van der Waals surface area (Å²) in [4.78, 5) is 13.7. The minimum absolute atomic E-state index is 0.0993. The number of nitrogens with one attached hydrogen (secondary N) is 2. The second-order valence-electron chi connectivity index (χ2n) is 6.87. The van der Waals surface area contributed by atoms with Crippen LogP contribution in [0.5, 0.6) is 11.5 Å². The van der Waals surface area contributed by atoms with Crippen LogP contribution in [0.1, 0.15) is 17.5 Å². The Hall–Kier alpha value is -1.95. The molecule has 0 saturated heterocycles. The summed E-state index contributed by atoms with van der Waals surface area (Å²) in [6, 6.07) is 9.33. The molecule has 5 nitrogen and oxygen atoms in total. The highest BCUT2D eigenvalue weighted by Crippen LogP contribution is 2.33. The molecule has 0 fully saturated rings. The monoisotopic (exact) mass is 407 g/mol. The first kappa shape index (κ1) is 18.4. The van der Waals surface area contributed by atoms with Crippen LogP contribution >= 0.6 is 23.2 Å². The van der Waals surface area contributed by atoms with Crippen LogP contribution in [0.2, 0.25) is 10.0 Å². The van der Waals surface area contributed by atoms with Crippen LogP contribution in [0, 0.1) is 0 Å². The minimum atomic E-state index is -0.0993. The Kier molecular flexibility index (Phi) is 5.43. The van der Waals surface area contributed by atoms with Gasteiger partial charge in [-0.3, -0.25) is 4.79 Å². The number of rotatable bonds is 3. The van der Waals surface area contributed by atoms with Gasteiger partial charge >= 0.3 is 0 Å². The van der Waals surface area contributed by atoms with Gasteiger partial charge in [-0.2, -0.15) is 0 Å². The number of hydrogen-bond donors (Lipinski definition) is 2. The smallest absolute Gasteiger partial charge is 0.279 e. The number of benzene rings is 2. The molecular formula is C20H21Cl2N2O3+. The van der Waals surface area contributed by atoms with Crippen molar-refractivity contribution in [2.45, 2.75) is 19.4 Å². The SMILES string of the molecule is O=C(C[NH+]1CCc2cc3c(cc2C1)OCCCO3)Nc1c(Cl)cccc1Cl. The van der Waals surface area contributed by atoms with Gasteiger partial charge in [0.15, 0.2) is 18.0 Å². The molecule has 1 amide bonds. The van der Waals surface area contributed by atoms with Gasteiger partial charge in [-0.1, -0.05) is 29.3 Å². The number of amides is 1. The molecule has 0 aromatic heterocycles. The van der Waals surface area contributed by atoms with Gasteiger partial charge in [0.2, 0.25) is 0 Å². The van der Waals surface area contributed by atoms with E-state index in [-0.39, 0.29) is 5.91 Å². The van der Waals surface area contributed by atoms with E-state index in [1.165, 1.54) is 16.0 Å². The maximum absolute atomic E-state index is 12.5. The second-order valence-corrected chi connectivity index (χ2v) is 7.68. The van der Waals surface area contributed by atoms with Crippen LogP contribution in [-0.2, 0) is 17.8 Å². The molecule has 27 heavy (non-hydrogen) atoms. The summed E-state index contributed by atoms with van der Waals surface area (Å²) in [5.41, 5.74) is 2.96. The van der Waals surface area contributed by atoms with Gasteiger partial charge in [-0.15, -0.1) is 0 Å². The molecule has 0 radical (unpaired) electrons. The second kappa shape index (κ2) is 7.97. The molecule has 4 rings (SSSR count). The summed E-state index contributed by atoms with van der Waals surface area (Å²) in [5, 5.41) is 3.72. The zero-order chi connectivity index (χ0) is 18.8. The molecular weight excluding hydrogens is 387 g/mol. The largest absolute Gasteiger partial charge is 0.490 e. The van der Waals surface area contributed by atoms with Crippen molar-refractivity contribution in [1.82, 2.24) is 0 Å². The fourth-order valence-electron chi connectivity index (χ4n) is 3.54. The van der Waals surface area contributed by atoms with Crippen molar-refractivity contribution in [2.75, 3.05) is 31.6 Å². The highest BCUT2D eigenvalue weighted by Gasteiger charge is 2.25. The van der Waals surface area contributed by atoms with Gasteiger partial charge < -0.3 is 19.7 Å². The first-order valence-corrected chi connectivity index (χ1v) is 9.84. The van der Waals surface area contributed by atoms with E-state index in [2.05, 4.69) is 17.4 Å². The predicted octanol–water partition coefficient (Wildman–Crippen LogP) is 2.73. The van der Waals surface area contributed by atoms with Gasteiger partial charge in [0, 0.05) is 18.4 Å². The summed E-state index contributed by atoms with van der Waals surface area (Å²) in [6.07, 6.45) is 1.79. The zero-order valence-corrected chi connectivity index (χ0v) is 16.3. The van der Waals surface area contributed by atoms with Crippen molar-refractivity contribution in [1.29, 1.82) is 0 Å². The Bertz CT molecular complexity index is 852. The highest BCUT2D eigenvalue weighted by atomic mass is 35.5. The van der Waals surface area contributed by atoms with Crippen molar-refractivity contribution in [3.05, 3.63) is 51.5 Å². The quantitative estimate of drug-likeness (QED) is 0.822. The number of quaternary nitrogens is 1. The standard InChI is InChI=1S/C20H20Cl2N2O3/c21-15-3-1-4-16(22)20(15)23-19(25)12-24-6-5-13-9-17-18(10-14(13)11-24)27-8-2-7-26-17/h1,3-4,9-10H,2,5-8,11-12H2,(H,23,25)/p+1. The number of hydrogen-bond acceptors (Lipinski definition) is 3.